The number of anilines is 1. The van der Waals surface area contributed by atoms with Crippen LogP contribution in [-0.2, 0) is 16.6 Å². The topological polar surface area (TPSA) is 58.2 Å². The molecule has 1 heterocycles. The Labute approximate surface area is 125 Å². The summed E-state index contributed by atoms with van der Waals surface area (Å²) >= 11 is 1.03. The molecule has 0 aliphatic carbocycles. The molecule has 0 amide bonds. The molecule has 0 bridgehead atoms. The zero-order valence-electron chi connectivity index (χ0n) is 11.2. The maximum atomic E-state index is 13.5. The SMILES string of the molecule is CCNCc1csc(S(=O)(=O)Nc2cc(F)ccc2F)c1. The maximum absolute atomic E-state index is 13.5. The van der Waals surface area contributed by atoms with Crippen molar-refractivity contribution in [1.82, 2.24) is 5.32 Å². The van der Waals surface area contributed by atoms with Gasteiger partial charge >= 0.3 is 0 Å². The van der Waals surface area contributed by atoms with Crippen molar-refractivity contribution in [2.75, 3.05) is 11.3 Å². The molecule has 0 fully saturated rings. The third-order valence-corrected chi connectivity index (χ3v) is 5.50. The molecule has 0 aliphatic rings. The predicted molar refractivity (Wildman–Crippen MR) is 78.9 cm³/mol. The van der Waals surface area contributed by atoms with Crippen LogP contribution in [0.2, 0.25) is 0 Å². The quantitative estimate of drug-likeness (QED) is 0.855. The first kappa shape index (κ1) is 15.9. The Balaban J connectivity index is 2.22. The Morgan fingerprint density at radius 2 is 2.00 bits per heavy atom. The molecule has 0 saturated carbocycles. The van der Waals surface area contributed by atoms with Gasteiger partial charge in [-0.1, -0.05) is 6.92 Å². The van der Waals surface area contributed by atoms with E-state index in [1.165, 1.54) is 6.07 Å². The van der Waals surface area contributed by atoms with Crippen LogP contribution in [0.15, 0.2) is 33.9 Å². The van der Waals surface area contributed by atoms with Crippen LogP contribution in [-0.4, -0.2) is 15.0 Å². The molecule has 0 saturated heterocycles. The first-order chi connectivity index (χ1) is 9.92. The molecule has 4 nitrogen and oxygen atoms in total. The fourth-order valence-corrected chi connectivity index (χ4v) is 3.89. The van der Waals surface area contributed by atoms with Gasteiger partial charge in [-0.25, -0.2) is 17.2 Å². The van der Waals surface area contributed by atoms with Crippen molar-refractivity contribution in [1.29, 1.82) is 0 Å². The van der Waals surface area contributed by atoms with E-state index in [0.717, 1.165) is 41.6 Å². The highest BCUT2D eigenvalue weighted by molar-refractivity contribution is 7.94. The van der Waals surface area contributed by atoms with Crippen molar-refractivity contribution in [3.05, 3.63) is 46.8 Å². The summed E-state index contributed by atoms with van der Waals surface area (Å²) in [7, 11) is -3.92. The van der Waals surface area contributed by atoms with Gasteiger partial charge in [0.1, 0.15) is 15.8 Å². The second-order valence-electron chi connectivity index (χ2n) is 4.28. The van der Waals surface area contributed by atoms with Gasteiger partial charge in [0.15, 0.2) is 0 Å². The molecule has 114 valence electrons. The van der Waals surface area contributed by atoms with Crippen LogP contribution in [0, 0.1) is 11.6 Å². The van der Waals surface area contributed by atoms with Crippen molar-refractivity contribution in [3.63, 3.8) is 0 Å². The molecule has 2 aromatic rings. The van der Waals surface area contributed by atoms with Gasteiger partial charge in [0.25, 0.3) is 10.0 Å². The van der Waals surface area contributed by atoms with Crippen LogP contribution in [0.25, 0.3) is 0 Å². The van der Waals surface area contributed by atoms with E-state index in [2.05, 4.69) is 10.0 Å². The van der Waals surface area contributed by atoms with Gasteiger partial charge in [0.05, 0.1) is 5.69 Å². The first-order valence-electron chi connectivity index (χ1n) is 6.18. The highest BCUT2D eigenvalue weighted by atomic mass is 32.2. The molecule has 2 N–H and O–H groups in total. The second-order valence-corrected chi connectivity index (χ2v) is 7.10. The summed E-state index contributed by atoms with van der Waals surface area (Å²) in [6.45, 7) is 3.26. The minimum atomic E-state index is -3.92. The lowest BCUT2D eigenvalue weighted by molar-refractivity contribution is 0.595. The summed E-state index contributed by atoms with van der Waals surface area (Å²) in [6.07, 6.45) is 0. The molecule has 0 unspecified atom stereocenters. The van der Waals surface area contributed by atoms with Gasteiger partial charge in [-0.05, 0) is 35.7 Å². The third-order valence-electron chi connectivity index (χ3n) is 2.65. The number of hydrogen-bond donors (Lipinski definition) is 2. The van der Waals surface area contributed by atoms with E-state index in [-0.39, 0.29) is 4.21 Å². The van der Waals surface area contributed by atoms with E-state index >= 15 is 0 Å². The molecule has 0 spiro atoms. The smallest absolute Gasteiger partial charge is 0.271 e. The van der Waals surface area contributed by atoms with Gasteiger partial charge in [-0.3, -0.25) is 4.72 Å². The van der Waals surface area contributed by atoms with E-state index in [1.807, 2.05) is 6.92 Å². The van der Waals surface area contributed by atoms with Crippen molar-refractivity contribution in [3.8, 4) is 0 Å². The van der Waals surface area contributed by atoms with E-state index < -0.39 is 27.3 Å². The minimum Gasteiger partial charge on any atom is -0.313 e. The van der Waals surface area contributed by atoms with Crippen LogP contribution < -0.4 is 10.0 Å². The predicted octanol–water partition coefficient (Wildman–Crippen LogP) is 2.94. The number of halogens is 2. The number of thiophene rings is 1. The number of hydrogen-bond acceptors (Lipinski definition) is 4. The summed E-state index contributed by atoms with van der Waals surface area (Å²) in [5.41, 5.74) is 0.415. The molecule has 21 heavy (non-hydrogen) atoms. The highest BCUT2D eigenvalue weighted by Gasteiger charge is 2.19. The number of rotatable bonds is 6. The summed E-state index contributed by atoms with van der Waals surface area (Å²) in [6, 6.07) is 4.11. The average Bonchev–Trinajstić information content (AvgIpc) is 2.90. The number of nitrogens with one attached hydrogen (secondary N) is 2. The lowest BCUT2D eigenvalue weighted by Crippen LogP contribution is -2.13. The molecule has 1 aromatic heterocycles. The zero-order valence-corrected chi connectivity index (χ0v) is 12.8. The molecule has 0 atom stereocenters. The van der Waals surface area contributed by atoms with Crippen molar-refractivity contribution >= 4 is 27.0 Å². The summed E-state index contributed by atoms with van der Waals surface area (Å²) < 4.78 is 52.9. The number of sulfonamides is 1. The van der Waals surface area contributed by atoms with E-state index in [1.54, 1.807) is 5.38 Å². The third kappa shape index (κ3) is 3.99. The Kier molecular flexibility index (Phi) is 4.92. The maximum Gasteiger partial charge on any atom is 0.271 e. The van der Waals surface area contributed by atoms with Gasteiger partial charge in [0.2, 0.25) is 0 Å². The molecule has 8 heteroatoms. The van der Waals surface area contributed by atoms with Gasteiger partial charge in [0, 0.05) is 12.6 Å². The fraction of sp³-hybridized carbons (Fsp3) is 0.231. The molecule has 1 aromatic carbocycles. The Hall–Kier alpha value is -1.51. The van der Waals surface area contributed by atoms with Crippen LogP contribution in [0.1, 0.15) is 12.5 Å². The molecule has 2 rings (SSSR count). The van der Waals surface area contributed by atoms with Gasteiger partial charge < -0.3 is 5.32 Å². The Bertz CT molecular complexity index is 730. The van der Waals surface area contributed by atoms with Crippen molar-refractivity contribution in [2.45, 2.75) is 17.7 Å². The van der Waals surface area contributed by atoms with Crippen molar-refractivity contribution < 1.29 is 17.2 Å². The van der Waals surface area contributed by atoms with E-state index in [9.17, 15) is 17.2 Å². The Morgan fingerprint density at radius 1 is 1.24 bits per heavy atom. The molecule has 0 aliphatic heterocycles. The lowest BCUT2D eigenvalue weighted by atomic mass is 10.3. The molecular formula is C13H14F2N2O2S2. The average molecular weight is 332 g/mol. The second kappa shape index (κ2) is 6.50. The van der Waals surface area contributed by atoms with Crippen LogP contribution in [0.3, 0.4) is 0 Å². The monoisotopic (exact) mass is 332 g/mol. The van der Waals surface area contributed by atoms with Gasteiger partial charge in [-0.2, -0.15) is 0 Å². The minimum absolute atomic E-state index is 0.0547. The molecular weight excluding hydrogens is 318 g/mol. The van der Waals surface area contributed by atoms with Crippen molar-refractivity contribution in [2.24, 2.45) is 0 Å². The van der Waals surface area contributed by atoms with E-state index in [0.29, 0.717) is 6.54 Å². The summed E-state index contributed by atoms with van der Waals surface area (Å²) in [4.78, 5) is 0. The Morgan fingerprint density at radius 3 is 2.71 bits per heavy atom. The summed E-state index contributed by atoms with van der Waals surface area (Å²) in [5, 5.41) is 4.78. The zero-order chi connectivity index (χ0) is 15.5. The van der Waals surface area contributed by atoms with Gasteiger partial charge in [-0.15, -0.1) is 11.3 Å². The standard InChI is InChI=1S/C13H14F2N2O2S2/c1-2-16-7-9-5-13(20-8-9)21(18,19)17-12-6-10(14)3-4-11(12)15/h3-6,8,16-17H,2,7H2,1H3. The normalized spacial score (nSPS) is 11.6. The van der Waals surface area contributed by atoms with Crippen LogP contribution >= 0.6 is 11.3 Å². The van der Waals surface area contributed by atoms with Crippen LogP contribution in [0.5, 0.6) is 0 Å². The van der Waals surface area contributed by atoms with E-state index in [4.69, 9.17) is 0 Å². The molecule has 0 radical (unpaired) electrons. The lowest BCUT2D eigenvalue weighted by Gasteiger charge is -2.07. The fourth-order valence-electron chi connectivity index (χ4n) is 1.63. The summed E-state index contributed by atoms with van der Waals surface area (Å²) in [5.74, 6) is -1.54. The highest BCUT2D eigenvalue weighted by Crippen LogP contribution is 2.24. The van der Waals surface area contributed by atoms with Crippen LogP contribution in [0.4, 0.5) is 14.5 Å². The first-order valence-corrected chi connectivity index (χ1v) is 8.54. The largest absolute Gasteiger partial charge is 0.313 e. The number of benzene rings is 1.